The minimum atomic E-state index is -0.173. The molecular formula is C17H18N4O2. The number of aromatic nitrogens is 2. The zero-order chi connectivity index (χ0) is 16.2. The molecule has 2 aromatic rings. The lowest BCUT2D eigenvalue weighted by atomic mass is 10.1. The van der Waals surface area contributed by atoms with Gasteiger partial charge in [0.2, 0.25) is 5.89 Å². The van der Waals surface area contributed by atoms with E-state index in [4.69, 9.17) is 9.78 Å². The zero-order valence-electron chi connectivity index (χ0n) is 13.0. The molecule has 0 bridgehead atoms. The van der Waals surface area contributed by atoms with Crippen LogP contribution in [-0.4, -0.2) is 27.5 Å². The number of rotatable bonds is 2. The molecule has 1 aliphatic heterocycles. The van der Waals surface area contributed by atoms with E-state index in [2.05, 4.69) is 16.2 Å². The van der Waals surface area contributed by atoms with Gasteiger partial charge in [-0.25, -0.2) is 0 Å². The number of hydrogen-bond acceptors (Lipinski definition) is 5. The third-order valence-electron chi connectivity index (χ3n) is 4.09. The first-order valence-corrected chi connectivity index (χ1v) is 7.80. The molecule has 1 aromatic carbocycles. The maximum Gasteiger partial charge on any atom is 0.254 e. The van der Waals surface area contributed by atoms with E-state index in [0.717, 1.165) is 25.7 Å². The fraction of sp³-hybridized carbons (Fsp3) is 0.412. The smallest absolute Gasteiger partial charge is 0.254 e. The molecule has 6 nitrogen and oxygen atoms in total. The Morgan fingerprint density at radius 3 is 3.00 bits per heavy atom. The summed E-state index contributed by atoms with van der Waals surface area (Å²) in [7, 11) is 0. The van der Waals surface area contributed by atoms with Gasteiger partial charge in [0.15, 0.2) is 5.82 Å². The summed E-state index contributed by atoms with van der Waals surface area (Å²) in [6.45, 7) is 2.41. The molecule has 1 atom stereocenters. The molecule has 0 N–H and O–H groups in total. The van der Waals surface area contributed by atoms with E-state index in [1.165, 1.54) is 0 Å². The summed E-state index contributed by atoms with van der Waals surface area (Å²) in [5.74, 6) is 0.980. The average Bonchev–Trinajstić information content (AvgIpc) is 2.86. The van der Waals surface area contributed by atoms with E-state index < -0.39 is 0 Å². The van der Waals surface area contributed by atoms with Gasteiger partial charge in [-0.3, -0.25) is 4.79 Å². The van der Waals surface area contributed by atoms with E-state index in [9.17, 15) is 4.79 Å². The molecule has 1 aromatic heterocycles. The largest absolute Gasteiger partial charge is 0.340 e. The lowest BCUT2D eigenvalue weighted by Gasteiger charge is -2.28. The summed E-state index contributed by atoms with van der Waals surface area (Å²) in [6.07, 6.45) is 3.88. The topological polar surface area (TPSA) is 83.0 Å². The Bertz CT molecular complexity index is 747. The Labute approximate surface area is 134 Å². The van der Waals surface area contributed by atoms with Crippen LogP contribution in [0.1, 0.15) is 59.4 Å². The van der Waals surface area contributed by atoms with Crippen molar-refractivity contribution in [3.8, 4) is 6.07 Å². The van der Waals surface area contributed by atoms with E-state index in [1.54, 1.807) is 31.2 Å². The second-order valence-electron chi connectivity index (χ2n) is 5.73. The van der Waals surface area contributed by atoms with E-state index >= 15 is 0 Å². The van der Waals surface area contributed by atoms with Crippen LogP contribution in [0.2, 0.25) is 0 Å². The van der Waals surface area contributed by atoms with Gasteiger partial charge in [0.25, 0.3) is 5.91 Å². The summed E-state index contributed by atoms with van der Waals surface area (Å²) < 4.78 is 5.09. The van der Waals surface area contributed by atoms with Gasteiger partial charge in [0.1, 0.15) is 0 Å². The third-order valence-corrected chi connectivity index (χ3v) is 4.09. The predicted octanol–water partition coefficient (Wildman–Crippen LogP) is 3.01. The van der Waals surface area contributed by atoms with Crippen LogP contribution >= 0.6 is 0 Å². The van der Waals surface area contributed by atoms with Crippen molar-refractivity contribution >= 4 is 5.91 Å². The number of carbonyl (C=O) groups excluding carboxylic acids is 1. The number of amides is 1. The molecule has 0 aliphatic carbocycles. The summed E-state index contributed by atoms with van der Waals surface area (Å²) in [5.41, 5.74) is 1.01. The SMILES string of the molecule is Cc1nc([C@H]2CCCCCN2C(=O)c2cccc(C#N)c2)no1. The van der Waals surface area contributed by atoms with Crippen LogP contribution in [0, 0.1) is 18.3 Å². The van der Waals surface area contributed by atoms with Gasteiger partial charge in [0, 0.05) is 19.0 Å². The van der Waals surface area contributed by atoms with Crippen LogP contribution in [0.15, 0.2) is 28.8 Å². The first-order chi connectivity index (χ1) is 11.2. The van der Waals surface area contributed by atoms with Crippen LogP contribution < -0.4 is 0 Å². The third kappa shape index (κ3) is 3.24. The van der Waals surface area contributed by atoms with Gasteiger partial charge < -0.3 is 9.42 Å². The zero-order valence-corrected chi connectivity index (χ0v) is 13.0. The molecule has 1 fully saturated rings. The highest BCUT2D eigenvalue weighted by Gasteiger charge is 2.30. The molecule has 1 amide bonds. The van der Waals surface area contributed by atoms with E-state index in [0.29, 0.717) is 29.4 Å². The van der Waals surface area contributed by atoms with E-state index in [1.807, 2.05) is 4.90 Å². The Hall–Kier alpha value is -2.68. The number of hydrogen-bond donors (Lipinski definition) is 0. The average molecular weight is 310 g/mol. The number of nitriles is 1. The normalized spacial score (nSPS) is 18.3. The summed E-state index contributed by atoms with van der Waals surface area (Å²) in [5, 5.41) is 13.0. The number of aryl methyl sites for hydroxylation is 1. The van der Waals surface area contributed by atoms with Crippen molar-refractivity contribution in [2.24, 2.45) is 0 Å². The van der Waals surface area contributed by atoms with Gasteiger partial charge in [-0.2, -0.15) is 10.2 Å². The molecule has 3 rings (SSSR count). The molecule has 23 heavy (non-hydrogen) atoms. The number of nitrogens with zero attached hydrogens (tertiary/aromatic N) is 4. The first kappa shape index (κ1) is 15.2. The van der Waals surface area contributed by atoms with Gasteiger partial charge in [-0.1, -0.05) is 24.1 Å². The van der Waals surface area contributed by atoms with Crippen molar-refractivity contribution in [1.29, 1.82) is 5.26 Å². The van der Waals surface area contributed by atoms with Gasteiger partial charge >= 0.3 is 0 Å². The summed E-state index contributed by atoms with van der Waals surface area (Å²) >= 11 is 0. The van der Waals surface area contributed by atoms with Crippen LogP contribution in [0.4, 0.5) is 0 Å². The minimum Gasteiger partial charge on any atom is -0.340 e. The lowest BCUT2D eigenvalue weighted by molar-refractivity contribution is 0.0670. The molecule has 1 saturated heterocycles. The molecule has 1 aliphatic rings. The second kappa shape index (κ2) is 6.61. The first-order valence-electron chi connectivity index (χ1n) is 7.80. The monoisotopic (exact) mass is 310 g/mol. The maximum absolute atomic E-state index is 12.9. The Morgan fingerprint density at radius 1 is 1.39 bits per heavy atom. The molecule has 0 radical (unpaired) electrons. The lowest BCUT2D eigenvalue weighted by Crippen LogP contribution is -2.35. The Balaban J connectivity index is 1.92. The Morgan fingerprint density at radius 2 is 2.26 bits per heavy atom. The number of carbonyl (C=O) groups is 1. The highest BCUT2D eigenvalue weighted by atomic mass is 16.5. The van der Waals surface area contributed by atoms with E-state index in [-0.39, 0.29) is 11.9 Å². The second-order valence-corrected chi connectivity index (χ2v) is 5.73. The minimum absolute atomic E-state index is 0.0866. The standard InChI is InChI=1S/C17H18N4O2/c1-12-19-16(20-23-12)15-8-3-2-4-9-21(15)17(22)14-7-5-6-13(10-14)11-18/h5-7,10,15H,2-4,8-9H2,1H3/t15-/m1/s1. The highest BCUT2D eigenvalue weighted by Crippen LogP contribution is 2.29. The quantitative estimate of drug-likeness (QED) is 0.851. The fourth-order valence-electron chi connectivity index (χ4n) is 2.96. The predicted molar refractivity (Wildman–Crippen MR) is 82.4 cm³/mol. The van der Waals surface area contributed by atoms with Crippen molar-refractivity contribution in [2.75, 3.05) is 6.54 Å². The number of benzene rings is 1. The molecule has 118 valence electrons. The fourth-order valence-corrected chi connectivity index (χ4v) is 2.96. The Kier molecular flexibility index (Phi) is 4.38. The molecule has 6 heteroatoms. The molecule has 0 unspecified atom stereocenters. The van der Waals surface area contributed by atoms with Crippen molar-refractivity contribution in [1.82, 2.24) is 15.0 Å². The van der Waals surface area contributed by atoms with Crippen LogP contribution in [0.3, 0.4) is 0 Å². The van der Waals surface area contributed by atoms with Crippen molar-refractivity contribution in [3.05, 3.63) is 47.1 Å². The summed E-state index contributed by atoms with van der Waals surface area (Å²) in [4.78, 5) is 19.1. The highest BCUT2D eigenvalue weighted by molar-refractivity contribution is 5.94. The van der Waals surface area contributed by atoms with Crippen molar-refractivity contribution in [3.63, 3.8) is 0 Å². The van der Waals surface area contributed by atoms with Crippen LogP contribution in [0.5, 0.6) is 0 Å². The van der Waals surface area contributed by atoms with Crippen molar-refractivity contribution < 1.29 is 9.32 Å². The van der Waals surface area contributed by atoms with Crippen LogP contribution in [-0.2, 0) is 0 Å². The summed E-state index contributed by atoms with van der Waals surface area (Å²) in [6, 6.07) is 8.70. The molecule has 2 heterocycles. The van der Waals surface area contributed by atoms with Crippen LogP contribution in [0.25, 0.3) is 0 Å². The maximum atomic E-state index is 12.9. The van der Waals surface area contributed by atoms with Gasteiger partial charge in [-0.05, 0) is 31.0 Å². The number of likely N-dealkylation sites (tertiary alicyclic amines) is 1. The van der Waals surface area contributed by atoms with Gasteiger partial charge in [0.05, 0.1) is 17.7 Å². The van der Waals surface area contributed by atoms with Crippen molar-refractivity contribution in [2.45, 2.75) is 38.6 Å². The van der Waals surface area contributed by atoms with Gasteiger partial charge in [-0.15, -0.1) is 0 Å². The molecule has 0 saturated carbocycles. The molecule has 0 spiro atoms. The molecular weight excluding hydrogens is 292 g/mol.